The molecule has 0 aromatic heterocycles. The number of para-hydroxylation sites is 2. The Morgan fingerprint density at radius 1 is 1.15 bits per heavy atom. The summed E-state index contributed by atoms with van der Waals surface area (Å²) in [4.78, 5) is 39.2. The second-order valence-electron chi connectivity index (χ2n) is 5.74. The SMILES string of the molecule is CSc1ccccc1C(=O)O[C@@H](C)C(=O)N1CC(=O)Nc2ccccc21. The number of nitrogens with one attached hydrogen (secondary N) is 1. The number of fused-ring (bicyclic) bond motifs is 1. The smallest absolute Gasteiger partial charge is 0.340 e. The molecular formula is C19H18N2O4S. The van der Waals surface area contributed by atoms with Crippen LogP contribution in [0.2, 0.25) is 0 Å². The van der Waals surface area contributed by atoms with E-state index >= 15 is 0 Å². The summed E-state index contributed by atoms with van der Waals surface area (Å²) in [5.74, 6) is -1.30. The highest BCUT2D eigenvalue weighted by molar-refractivity contribution is 7.98. The highest BCUT2D eigenvalue weighted by Crippen LogP contribution is 2.29. The van der Waals surface area contributed by atoms with Crippen molar-refractivity contribution in [1.82, 2.24) is 0 Å². The quantitative estimate of drug-likeness (QED) is 0.662. The predicted molar refractivity (Wildman–Crippen MR) is 101 cm³/mol. The highest BCUT2D eigenvalue weighted by atomic mass is 32.2. The second-order valence-corrected chi connectivity index (χ2v) is 6.59. The fourth-order valence-electron chi connectivity index (χ4n) is 2.74. The Hall–Kier alpha value is -2.80. The summed E-state index contributed by atoms with van der Waals surface area (Å²) in [5.41, 5.74) is 1.56. The lowest BCUT2D eigenvalue weighted by Crippen LogP contribution is -2.47. The first-order chi connectivity index (χ1) is 12.5. The van der Waals surface area contributed by atoms with Crippen molar-refractivity contribution in [3.05, 3.63) is 54.1 Å². The van der Waals surface area contributed by atoms with Crippen molar-refractivity contribution in [3.63, 3.8) is 0 Å². The molecule has 0 unspecified atom stereocenters. The van der Waals surface area contributed by atoms with Gasteiger partial charge >= 0.3 is 5.97 Å². The molecule has 2 aromatic rings. The first-order valence-electron chi connectivity index (χ1n) is 8.05. The normalized spacial score (nSPS) is 14.2. The van der Waals surface area contributed by atoms with Gasteiger partial charge in [0, 0.05) is 4.90 Å². The summed E-state index contributed by atoms with van der Waals surface area (Å²) < 4.78 is 5.37. The standard InChI is InChI=1S/C19H18N2O4S/c1-12(25-19(24)13-7-3-6-10-16(13)26-2)18(23)21-11-17(22)20-14-8-4-5-9-15(14)21/h3-10,12H,11H2,1-2H3,(H,20,22)/t12-/m0/s1. The van der Waals surface area contributed by atoms with Crippen molar-refractivity contribution < 1.29 is 19.1 Å². The zero-order valence-electron chi connectivity index (χ0n) is 14.4. The van der Waals surface area contributed by atoms with Crippen LogP contribution in [0.3, 0.4) is 0 Å². The molecular weight excluding hydrogens is 352 g/mol. The third-order valence-corrected chi connectivity index (χ3v) is 4.79. The first kappa shape index (κ1) is 18.0. The van der Waals surface area contributed by atoms with E-state index in [4.69, 9.17) is 4.74 Å². The minimum Gasteiger partial charge on any atom is -0.449 e. The van der Waals surface area contributed by atoms with Crippen molar-refractivity contribution in [2.24, 2.45) is 0 Å². The van der Waals surface area contributed by atoms with Gasteiger partial charge in [0.05, 0.1) is 16.9 Å². The van der Waals surface area contributed by atoms with Crippen LogP contribution >= 0.6 is 11.8 Å². The topological polar surface area (TPSA) is 75.7 Å². The van der Waals surface area contributed by atoms with Crippen molar-refractivity contribution in [2.45, 2.75) is 17.9 Å². The van der Waals surface area contributed by atoms with Gasteiger partial charge in [-0.1, -0.05) is 24.3 Å². The van der Waals surface area contributed by atoms with Crippen LogP contribution in [0.4, 0.5) is 11.4 Å². The molecule has 2 amide bonds. The molecule has 2 aromatic carbocycles. The van der Waals surface area contributed by atoms with Gasteiger partial charge in [-0.3, -0.25) is 14.5 Å². The molecule has 0 saturated heterocycles. The van der Waals surface area contributed by atoms with Crippen LogP contribution in [0.15, 0.2) is 53.4 Å². The summed E-state index contributed by atoms with van der Waals surface area (Å²) in [6.07, 6.45) is 0.848. The van der Waals surface area contributed by atoms with E-state index in [2.05, 4.69) is 5.32 Å². The van der Waals surface area contributed by atoms with E-state index < -0.39 is 18.0 Å². The Bertz CT molecular complexity index is 868. The lowest BCUT2D eigenvalue weighted by molar-refractivity contribution is -0.128. The number of rotatable bonds is 4. The van der Waals surface area contributed by atoms with Crippen LogP contribution in [-0.4, -0.2) is 36.7 Å². The maximum atomic E-state index is 12.8. The van der Waals surface area contributed by atoms with E-state index in [1.54, 1.807) is 36.4 Å². The Labute approximate surface area is 155 Å². The van der Waals surface area contributed by atoms with E-state index in [0.29, 0.717) is 16.9 Å². The number of hydrogen-bond acceptors (Lipinski definition) is 5. The van der Waals surface area contributed by atoms with Crippen LogP contribution in [0, 0.1) is 0 Å². The Morgan fingerprint density at radius 3 is 2.62 bits per heavy atom. The fraction of sp³-hybridized carbons (Fsp3) is 0.211. The summed E-state index contributed by atoms with van der Waals surface area (Å²) in [6.45, 7) is 1.40. The summed E-state index contributed by atoms with van der Waals surface area (Å²) >= 11 is 1.43. The van der Waals surface area contributed by atoms with Gasteiger partial charge in [0.25, 0.3) is 5.91 Å². The van der Waals surface area contributed by atoms with Crippen LogP contribution in [0.1, 0.15) is 17.3 Å². The number of carbonyl (C=O) groups is 3. The maximum Gasteiger partial charge on any atom is 0.340 e. The molecule has 26 heavy (non-hydrogen) atoms. The zero-order valence-corrected chi connectivity index (χ0v) is 15.2. The van der Waals surface area contributed by atoms with E-state index in [1.165, 1.54) is 23.6 Å². The number of anilines is 2. The number of hydrogen-bond donors (Lipinski definition) is 1. The van der Waals surface area contributed by atoms with Gasteiger partial charge in [0.2, 0.25) is 5.91 Å². The van der Waals surface area contributed by atoms with Crippen molar-refractivity contribution >= 4 is 40.9 Å². The van der Waals surface area contributed by atoms with Crippen LogP contribution in [0.5, 0.6) is 0 Å². The number of nitrogens with zero attached hydrogens (tertiary/aromatic N) is 1. The molecule has 3 rings (SSSR count). The van der Waals surface area contributed by atoms with Gasteiger partial charge < -0.3 is 10.1 Å². The molecule has 1 atom stereocenters. The van der Waals surface area contributed by atoms with Crippen molar-refractivity contribution in [1.29, 1.82) is 0 Å². The van der Waals surface area contributed by atoms with E-state index in [-0.39, 0.29) is 12.5 Å². The molecule has 6 nitrogen and oxygen atoms in total. The van der Waals surface area contributed by atoms with Crippen LogP contribution in [0.25, 0.3) is 0 Å². The van der Waals surface area contributed by atoms with Gasteiger partial charge in [0.1, 0.15) is 6.54 Å². The Balaban J connectivity index is 1.78. The zero-order chi connectivity index (χ0) is 18.7. The van der Waals surface area contributed by atoms with E-state index in [0.717, 1.165) is 4.90 Å². The molecule has 1 N–H and O–H groups in total. The molecule has 0 radical (unpaired) electrons. The van der Waals surface area contributed by atoms with Gasteiger partial charge in [-0.05, 0) is 37.4 Å². The summed E-state index contributed by atoms with van der Waals surface area (Å²) in [7, 11) is 0. The molecule has 7 heteroatoms. The molecule has 0 saturated carbocycles. The molecule has 1 heterocycles. The second kappa shape index (κ2) is 7.61. The van der Waals surface area contributed by atoms with E-state index in [1.807, 2.05) is 18.4 Å². The van der Waals surface area contributed by atoms with Crippen LogP contribution in [-0.2, 0) is 14.3 Å². The van der Waals surface area contributed by atoms with Gasteiger partial charge in [-0.25, -0.2) is 4.79 Å². The summed E-state index contributed by atoms with van der Waals surface area (Å²) in [5, 5.41) is 2.72. The lowest BCUT2D eigenvalue weighted by atomic mass is 10.1. The number of carbonyl (C=O) groups excluding carboxylic acids is 3. The third kappa shape index (κ3) is 3.57. The molecule has 134 valence electrons. The minimum atomic E-state index is -1.02. The average molecular weight is 370 g/mol. The number of amides is 2. The van der Waals surface area contributed by atoms with Crippen LogP contribution < -0.4 is 10.2 Å². The molecule has 0 fully saturated rings. The van der Waals surface area contributed by atoms with Gasteiger partial charge in [0.15, 0.2) is 6.10 Å². The molecule has 1 aliphatic rings. The van der Waals surface area contributed by atoms with Gasteiger partial charge in [-0.15, -0.1) is 11.8 Å². The third-order valence-electron chi connectivity index (χ3n) is 4.00. The minimum absolute atomic E-state index is 0.112. The van der Waals surface area contributed by atoms with Crippen molar-refractivity contribution in [2.75, 3.05) is 23.0 Å². The summed E-state index contributed by atoms with van der Waals surface area (Å²) in [6, 6.07) is 14.1. The first-order valence-corrected chi connectivity index (χ1v) is 9.28. The fourth-order valence-corrected chi connectivity index (χ4v) is 3.32. The highest BCUT2D eigenvalue weighted by Gasteiger charge is 2.31. The molecule has 0 spiro atoms. The predicted octanol–water partition coefficient (Wildman–Crippen LogP) is 2.94. The number of esters is 1. The molecule has 1 aliphatic heterocycles. The monoisotopic (exact) mass is 370 g/mol. The van der Waals surface area contributed by atoms with Crippen molar-refractivity contribution in [3.8, 4) is 0 Å². The number of ether oxygens (including phenoxy) is 1. The van der Waals surface area contributed by atoms with Gasteiger partial charge in [-0.2, -0.15) is 0 Å². The van der Waals surface area contributed by atoms with E-state index in [9.17, 15) is 14.4 Å². The Morgan fingerprint density at radius 2 is 1.85 bits per heavy atom. The maximum absolute atomic E-state index is 12.8. The number of thioether (sulfide) groups is 1. The number of benzene rings is 2. The average Bonchev–Trinajstić information content (AvgIpc) is 2.66. The largest absolute Gasteiger partial charge is 0.449 e. The lowest BCUT2D eigenvalue weighted by Gasteiger charge is -2.30. The molecule has 0 aliphatic carbocycles. The Kier molecular flexibility index (Phi) is 5.27. The molecule has 0 bridgehead atoms.